The summed E-state index contributed by atoms with van der Waals surface area (Å²) in [5.41, 5.74) is 0. The van der Waals surface area contributed by atoms with Crippen molar-refractivity contribution < 1.29 is 3.79 Å². The Kier molecular flexibility index (Phi) is 13.5. The highest BCUT2D eigenvalue weighted by Crippen LogP contribution is 2.02. The van der Waals surface area contributed by atoms with Crippen LogP contribution in [-0.2, 0) is 3.79 Å². The van der Waals surface area contributed by atoms with E-state index in [0.717, 1.165) is 6.61 Å². The summed E-state index contributed by atoms with van der Waals surface area (Å²) in [7, 11) is 0. The van der Waals surface area contributed by atoms with E-state index in [1.807, 2.05) is 6.08 Å². The molecule has 0 unspecified atom stereocenters. The highest BCUT2D eigenvalue weighted by atomic mass is 27.1. The van der Waals surface area contributed by atoms with Gasteiger partial charge in [-0.2, -0.15) is 0 Å². The fraction of sp³-hybridized carbons (Fsp3) is 0.833. The largest absolute Gasteiger partial charge is 0.503 e. The van der Waals surface area contributed by atoms with Crippen LogP contribution < -0.4 is 0 Å². The number of rotatable bonds is 5. The van der Waals surface area contributed by atoms with Crippen LogP contribution in [0.3, 0.4) is 0 Å². The van der Waals surface area contributed by atoms with Crippen LogP contribution in [0.15, 0.2) is 12.7 Å². The number of hydrogen-bond acceptors (Lipinski definition) is 1. The van der Waals surface area contributed by atoms with Gasteiger partial charge in [-0.15, -0.1) is 6.58 Å². The van der Waals surface area contributed by atoms with Crippen molar-refractivity contribution in [3.8, 4) is 0 Å². The first-order valence-electron chi connectivity index (χ1n) is 6.10. The molecule has 0 N–H and O–H groups in total. The summed E-state index contributed by atoms with van der Waals surface area (Å²) in [6.07, 6.45) is 11.4. The molecule has 1 aliphatic heterocycles. The highest BCUT2D eigenvalue weighted by molar-refractivity contribution is 6.27. The maximum atomic E-state index is 5.21. The predicted molar refractivity (Wildman–Crippen MR) is 66.1 cm³/mol. The van der Waals surface area contributed by atoms with Crippen molar-refractivity contribution in [2.24, 2.45) is 0 Å². The molecule has 0 atom stereocenters. The third-order valence-electron chi connectivity index (χ3n) is 2.34. The summed E-state index contributed by atoms with van der Waals surface area (Å²) in [5.74, 6) is 0. The number of allylic oxidation sites excluding steroid dienone is 1. The Hall–Kier alpha value is 0.232. The van der Waals surface area contributed by atoms with Gasteiger partial charge in [0.25, 0.3) is 0 Å². The van der Waals surface area contributed by atoms with Gasteiger partial charge in [0.1, 0.15) is 0 Å². The van der Waals surface area contributed by atoms with Crippen LogP contribution >= 0.6 is 0 Å². The molecule has 0 spiro atoms. The molecule has 0 bridgehead atoms. The summed E-state index contributed by atoms with van der Waals surface area (Å²) < 4.78 is 5.21. The average Bonchev–Trinajstić information content (AvgIpc) is 2.28. The van der Waals surface area contributed by atoms with E-state index in [4.69, 9.17) is 3.79 Å². The summed E-state index contributed by atoms with van der Waals surface area (Å²) in [6.45, 7) is 6.95. The zero-order valence-corrected chi connectivity index (χ0v) is 11.2. The van der Waals surface area contributed by atoms with Crippen LogP contribution in [-0.4, -0.2) is 22.2 Å². The van der Waals surface area contributed by atoms with Crippen molar-refractivity contribution in [2.75, 3.05) is 6.61 Å². The Morgan fingerprint density at radius 2 is 2.14 bits per heavy atom. The smallest absolute Gasteiger partial charge is 0.435 e. The van der Waals surface area contributed by atoms with E-state index in [2.05, 4.69) is 13.5 Å². The monoisotopic (exact) mass is 212 g/mol. The van der Waals surface area contributed by atoms with Gasteiger partial charge in [-0.3, -0.25) is 0 Å². The van der Waals surface area contributed by atoms with Gasteiger partial charge < -0.3 is 3.79 Å². The van der Waals surface area contributed by atoms with E-state index < -0.39 is 0 Å². The number of unbranched alkanes of at least 4 members (excludes halogenated alkanes) is 4. The second-order valence-corrected chi connectivity index (χ2v) is 5.33. The SMILES string of the molecule is C1C[CH2][AlH][O]C1.C=CCCCCCC. The molecule has 0 radical (unpaired) electrons. The Bertz CT molecular complexity index is 99.4. The minimum Gasteiger partial charge on any atom is -0.503 e. The molecule has 2 heteroatoms. The molecule has 0 aromatic carbocycles. The van der Waals surface area contributed by atoms with Crippen LogP contribution in [0.1, 0.15) is 51.9 Å². The molecule has 1 fully saturated rings. The second kappa shape index (κ2) is 13.2. The Morgan fingerprint density at radius 3 is 2.50 bits per heavy atom. The third kappa shape index (κ3) is 12.2. The van der Waals surface area contributed by atoms with Crippen molar-refractivity contribution in [2.45, 2.75) is 57.2 Å². The van der Waals surface area contributed by atoms with Crippen LogP contribution in [0.25, 0.3) is 0 Å². The van der Waals surface area contributed by atoms with E-state index in [1.165, 1.54) is 50.2 Å². The van der Waals surface area contributed by atoms with Gasteiger partial charge in [-0.1, -0.05) is 44.0 Å². The molecule has 0 amide bonds. The molecule has 0 aromatic rings. The van der Waals surface area contributed by atoms with E-state index in [9.17, 15) is 0 Å². The van der Waals surface area contributed by atoms with Crippen LogP contribution in [0.5, 0.6) is 0 Å². The van der Waals surface area contributed by atoms with Gasteiger partial charge in [-0.25, -0.2) is 0 Å². The fourth-order valence-corrected chi connectivity index (χ4v) is 2.57. The van der Waals surface area contributed by atoms with Crippen molar-refractivity contribution >= 4 is 15.6 Å². The lowest BCUT2D eigenvalue weighted by Crippen LogP contribution is -2.06. The Morgan fingerprint density at radius 1 is 1.29 bits per heavy atom. The van der Waals surface area contributed by atoms with Crippen LogP contribution in [0.2, 0.25) is 5.28 Å². The van der Waals surface area contributed by atoms with Gasteiger partial charge in [0.05, 0.1) is 0 Å². The topological polar surface area (TPSA) is 9.23 Å². The summed E-state index contributed by atoms with van der Waals surface area (Å²) in [6, 6.07) is 0. The first-order chi connectivity index (χ1) is 6.91. The first-order valence-corrected chi connectivity index (χ1v) is 7.68. The zero-order chi connectivity index (χ0) is 10.5. The van der Waals surface area contributed by atoms with Crippen molar-refractivity contribution in [3.05, 3.63) is 12.7 Å². The molecule has 1 rings (SSSR count). The molecule has 0 saturated carbocycles. The Labute approximate surface area is 96.0 Å². The standard InChI is InChI=1S/C8H16.C4H8O.Al.H/c1-3-5-7-8-6-4-2;1-2-3-4-5;;/h3H,1,4-8H2,2H3;1-4H2;;/q;-1;+1;. The van der Waals surface area contributed by atoms with Gasteiger partial charge in [0, 0.05) is 6.61 Å². The minimum atomic E-state index is 0.00849. The molecule has 82 valence electrons. The van der Waals surface area contributed by atoms with Gasteiger partial charge >= 0.3 is 15.6 Å². The average molecular weight is 212 g/mol. The molecular formula is C12H25AlO. The maximum Gasteiger partial charge on any atom is 0.435 e. The van der Waals surface area contributed by atoms with E-state index >= 15 is 0 Å². The van der Waals surface area contributed by atoms with Gasteiger partial charge in [0.15, 0.2) is 0 Å². The summed E-state index contributed by atoms with van der Waals surface area (Å²) >= 11 is 0.00849. The fourth-order valence-electron chi connectivity index (χ4n) is 1.40. The zero-order valence-electron chi connectivity index (χ0n) is 9.76. The lowest BCUT2D eigenvalue weighted by molar-refractivity contribution is 0.304. The van der Waals surface area contributed by atoms with Gasteiger partial charge in [0.2, 0.25) is 0 Å². The van der Waals surface area contributed by atoms with E-state index in [1.54, 1.807) is 0 Å². The summed E-state index contributed by atoms with van der Waals surface area (Å²) in [5, 5.41) is 1.42. The van der Waals surface area contributed by atoms with Crippen molar-refractivity contribution in [1.29, 1.82) is 0 Å². The van der Waals surface area contributed by atoms with Crippen LogP contribution in [0, 0.1) is 0 Å². The predicted octanol–water partition coefficient (Wildman–Crippen LogP) is 3.71. The quantitative estimate of drug-likeness (QED) is 0.383. The van der Waals surface area contributed by atoms with Crippen LogP contribution in [0.4, 0.5) is 0 Å². The number of hydrogen-bond donors (Lipinski definition) is 0. The molecule has 0 aromatic heterocycles. The highest BCUT2D eigenvalue weighted by Gasteiger charge is 2.00. The molecule has 14 heavy (non-hydrogen) atoms. The molecule has 1 aliphatic rings. The maximum absolute atomic E-state index is 5.21. The third-order valence-corrected chi connectivity index (χ3v) is 3.71. The van der Waals surface area contributed by atoms with Crippen molar-refractivity contribution in [3.63, 3.8) is 0 Å². The molecule has 0 aliphatic carbocycles. The minimum absolute atomic E-state index is 0.00849. The molecule has 1 saturated heterocycles. The van der Waals surface area contributed by atoms with Gasteiger partial charge in [-0.05, 0) is 19.3 Å². The molecule has 1 heterocycles. The molecule has 1 nitrogen and oxygen atoms in total. The second-order valence-electron chi connectivity index (χ2n) is 3.81. The lowest BCUT2D eigenvalue weighted by atomic mass is 10.2. The lowest BCUT2D eigenvalue weighted by Gasteiger charge is -2.06. The summed E-state index contributed by atoms with van der Waals surface area (Å²) in [4.78, 5) is 0. The van der Waals surface area contributed by atoms with E-state index in [-0.39, 0.29) is 15.6 Å². The first kappa shape index (κ1) is 14.2. The Balaban J connectivity index is 0.000000249. The normalized spacial score (nSPS) is 14.9. The molecular weight excluding hydrogens is 187 g/mol. The van der Waals surface area contributed by atoms with E-state index in [0.29, 0.717) is 0 Å². The van der Waals surface area contributed by atoms with Crippen molar-refractivity contribution in [1.82, 2.24) is 0 Å².